The summed E-state index contributed by atoms with van der Waals surface area (Å²) in [5.41, 5.74) is 9.61. The minimum absolute atomic E-state index is 0. The number of hydrogen-bond donors (Lipinski definition) is 4. The van der Waals surface area contributed by atoms with Crippen LogP contribution >= 0.6 is 98.7 Å². The first kappa shape index (κ1) is 50.2. The molecule has 0 radical (unpaired) electrons. The molecule has 28 heteroatoms. The molecule has 2 heterocycles. The summed E-state index contributed by atoms with van der Waals surface area (Å²) in [6.45, 7) is 3.38. The first-order valence-electron chi connectivity index (χ1n) is 10.8. The second-order valence-electron chi connectivity index (χ2n) is 6.36. The molecule has 0 aliphatic rings. The number of ether oxygens (including phenoxy) is 2. The van der Waals surface area contributed by atoms with Crippen molar-refractivity contribution < 1.29 is 46.4 Å². The van der Waals surface area contributed by atoms with Crippen molar-refractivity contribution in [1.29, 1.82) is 0 Å². The van der Waals surface area contributed by atoms with Gasteiger partial charge in [0.2, 0.25) is 28.4 Å². The van der Waals surface area contributed by atoms with Crippen LogP contribution in [-0.4, -0.2) is 77.2 Å². The van der Waals surface area contributed by atoms with Crippen LogP contribution in [0.3, 0.4) is 0 Å². The van der Waals surface area contributed by atoms with Crippen molar-refractivity contribution in [2.45, 2.75) is 31.6 Å². The van der Waals surface area contributed by atoms with Crippen molar-refractivity contribution in [1.82, 2.24) is 19.9 Å². The molecule has 2 rings (SSSR count). The molecule has 0 fully saturated rings. The van der Waals surface area contributed by atoms with E-state index in [-0.39, 0.29) is 55.8 Å². The first-order chi connectivity index (χ1) is 21.0. The number of rotatable bonds is 9. The Bertz CT molecular complexity index is 1330. The fourth-order valence-corrected chi connectivity index (χ4v) is 3.00. The van der Waals surface area contributed by atoms with Gasteiger partial charge in [-0.15, -0.1) is 23.2 Å². The number of anilines is 4. The van der Waals surface area contributed by atoms with Crippen molar-refractivity contribution in [2.24, 2.45) is 0 Å². The number of nitrogen functional groups attached to an aromatic ring is 2. The van der Waals surface area contributed by atoms with Gasteiger partial charge < -0.3 is 20.9 Å². The summed E-state index contributed by atoms with van der Waals surface area (Å²) >= 11 is 19.0. The van der Waals surface area contributed by atoms with Crippen molar-refractivity contribution in [2.75, 3.05) is 53.2 Å². The molecule has 0 spiro atoms. The number of alkyl halides is 2. The van der Waals surface area contributed by atoms with E-state index < -0.39 is 55.8 Å². The predicted octanol–water partition coefficient (Wildman–Crippen LogP) is 4.13. The number of halogens is 7. The zero-order chi connectivity index (χ0) is 35.3. The minimum atomic E-state index is -1.61. The molecule has 0 saturated heterocycles. The van der Waals surface area contributed by atoms with Gasteiger partial charge in [0.05, 0.1) is 39.2 Å². The molecule has 2 aromatic rings. The van der Waals surface area contributed by atoms with Crippen LogP contribution in [-0.2, 0) is 20.3 Å². The van der Waals surface area contributed by atoms with Gasteiger partial charge in [0.1, 0.15) is 0 Å². The van der Waals surface area contributed by atoms with Gasteiger partial charge in [-0.05, 0) is 20.1 Å². The van der Waals surface area contributed by atoms with E-state index in [0.29, 0.717) is 13.3 Å². The summed E-state index contributed by atoms with van der Waals surface area (Å²) < 4.78 is 20.4. The number of nitrogens with zero attached hydrogens (tertiary/aromatic N) is 6. The third-order valence-corrected chi connectivity index (χ3v) is 87.5. The maximum absolute atomic E-state index is 11.3. The zero-order valence-corrected chi connectivity index (χ0v) is 37.0. The molecule has 6 N–H and O–H groups in total. The van der Waals surface area contributed by atoms with Crippen LogP contribution in [0.5, 0.6) is 0 Å². The van der Waals surface area contributed by atoms with Gasteiger partial charge in [-0.1, -0.05) is 19.2 Å². The summed E-state index contributed by atoms with van der Waals surface area (Å²) in [5.74, 6) is -1.54. The summed E-state index contributed by atoms with van der Waals surface area (Å²) in [4.78, 5) is 57.2. The van der Waals surface area contributed by atoms with E-state index in [9.17, 15) is 34.0 Å². The maximum atomic E-state index is 11.3. The van der Waals surface area contributed by atoms with E-state index in [2.05, 4.69) is 95.9 Å². The third kappa shape index (κ3) is 21.0. The Morgan fingerprint density at radius 1 is 0.978 bits per heavy atom. The van der Waals surface area contributed by atoms with E-state index in [0.717, 1.165) is 11.8 Å². The zero-order valence-electron chi connectivity index (χ0n) is 23.1. The van der Waals surface area contributed by atoms with Crippen molar-refractivity contribution >= 4 is 156 Å². The van der Waals surface area contributed by atoms with Crippen molar-refractivity contribution in [3.8, 4) is 0 Å². The molecule has 2 amide bonds. The monoisotopic (exact) mass is 1300 g/mol. The average Bonchev–Trinajstić information content (AvgIpc) is 2.93. The molecule has 19 nitrogen and oxygen atoms in total. The first-order valence-corrected chi connectivity index (χ1v) is 39.8. The third-order valence-electron chi connectivity index (χ3n) is 3.62. The second kappa shape index (κ2) is 28.6. The number of amides is 2. The van der Waals surface area contributed by atoms with Gasteiger partial charge in [0.15, 0.2) is 5.16 Å². The van der Waals surface area contributed by atoms with Gasteiger partial charge in [-0.3, -0.25) is 35.1 Å². The van der Waals surface area contributed by atoms with Gasteiger partial charge in [0, 0.05) is 6.26 Å². The molecule has 0 aliphatic carbocycles. The summed E-state index contributed by atoms with van der Waals surface area (Å²) in [6.07, 6.45) is 1.17. The SMILES string of the molecule is C.CCOC(=O)Nc1nc(S(C)=O)nc(N)c1[N+](=O)[O-].CCOC(=O)Nc1nc(SC)nc(N)c1[N+](=O)[O-].ClCCl.I[I-]I(I)I. The fourth-order valence-electron chi connectivity index (χ4n) is 2.18. The number of nitrogens with one attached hydrogen (secondary N) is 2. The topological polar surface area (TPSA) is 284 Å². The molecule has 0 bridgehead atoms. The number of nitro groups is 2. The van der Waals surface area contributed by atoms with Gasteiger partial charge in [0.25, 0.3) is 0 Å². The molecule has 0 aliphatic heterocycles. The fraction of sp³-hybridized carbons (Fsp3) is 0.444. The average molecular weight is 1300 g/mol. The second-order valence-corrected chi connectivity index (χ2v) is 74.2. The number of aromatic nitrogens is 4. The molecule has 46 heavy (non-hydrogen) atoms. The van der Waals surface area contributed by atoms with E-state index in [1.165, 1.54) is 6.26 Å². The number of hydrogen-bond acceptors (Lipinski definition) is 16. The van der Waals surface area contributed by atoms with Crippen LogP contribution in [0.25, 0.3) is 0 Å². The molecular weight excluding hydrogens is 1270 g/mol. The normalized spacial score (nSPS) is 10.4. The Hall–Kier alpha value is -0.170. The van der Waals surface area contributed by atoms with Crippen molar-refractivity contribution in [3.63, 3.8) is 0 Å². The van der Waals surface area contributed by atoms with E-state index in [4.69, 9.17) is 34.7 Å². The van der Waals surface area contributed by atoms with Gasteiger partial charge >= 0.3 is 101 Å². The molecule has 1 atom stereocenters. The van der Waals surface area contributed by atoms with Gasteiger partial charge in [-0.25, -0.2) is 9.59 Å². The van der Waals surface area contributed by atoms with Gasteiger partial charge in [-0.2, -0.15) is 19.9 Å². The molecule has 0 aromatic carbocycles. The van der Waals surface area contributed by atoms with Crippen molar-refractivity contribution in [3.05, 3.63) is 20.2 Å². The van der Waals surface area contributed by atoms with E-state index in [1.807, 2.05) is 0 Å². The number of thioether (sulfide) groups is 1. The summed E-state index contributed by atoms with van der Waals surface area (Å²) in [7, 11) is -1.85. The van der Waals surface area contributed by atoms with E-state index >= 15 is 0 Å². The molecular formula is C18H28Cl2I5N10O9S2-. The van der Waals surface area contributed by atoms with Crippen LogP contribution in [0.1, 0.15) is 21.3 Å². The van der Waals surface area contributed by atoms with Crippen LogP contribution < -0.4 is 35.4 Å². The van der Waals surface area contributed by atoms with Crippen LogP contribution in [0.2, 0.25) is 0 Å². The Kier molecular flexibility index (Phi) is 31.3. The standard InChI is InChI=1S/C8H11N5O5S.C8H11N5O4S.CH2Cl2.CH4.I5/c1-3-18-8(14)12-6-4(13(15)16)5(9)10-7(11-6)19(2)17;1-3-17-8(14)12-6-4(13(15)16)5(9)10-7(11-6)18-2;2-1-3;;1-4-5(2)3/h3H2,1-2H3,(H3,9,10,11,12,14);3H2,1-2H3,(H3,9,10,11,12,14);1H2;1H4;/q;;;;-1. The molecule has 0 saturated carbocycles. The summed E-state index contributed by atoms with van der Waals surface area (Å²) in [6, 6.07) is 0. The summed E-state index contributed by atoms with van der Waals surface area (Å²) in [5, 5.41) is 26.1. The van der Waals surface area contributed by atoms with Crippen LogP contribution in [0, 0.1) is 20.2 Å². The number of carbonyl (C=O) groups excluding carboxylic acids is 2. The van der Waals surface area contributed by atoms with Crippen LogP contribution in [0.4, 0.5) is 44.2 Å². The molecule has 266 valence electrons. The predicted molar refractivity (Wildman–Crippen MR) is 211 cm³/mol. The van der Waals surface area contributed by atoms with E-state index in [1.54, 1.807) is 20.1 Å². The van der Waals surface area contributed by atoms with Crippen LogP contribution in [0.15, 0.2) is 10.3 Å². The molecule has 1 unspecified atom stereocenters. The Morgan fingerprint density at radius 3 is 1.65 bits per heavy atom. The molecule has 2 aromatic heterocycles. The quantitative estimate of drug-likeness (QED) is 0.0686. The number of nitrogens with two attached hydrogens (primary N) is 2. The Labute approximate surface area is 323 Å². The number of carbonyl (C=O) groups is 2. The Morgan fingerprint density at radius 2 is 1.35 bits per heavy atom. The Balaban J connectivity index is -0.000000641.